The highest BCUT2D eigenvalue weighted by molar-refractivity contribution is 7.08. The maximum absolute atomic E-state index is 12.1. The summed E-state index contributed by atoms with van der Waals surface area (Å²) in [5.41, 5.74) is 3.43. The minimum absolute atomic E-state index is 0.325. The van der Waals surface area contributed by atoms with E-state index in [2.05, 4.69) is 15.6 Å². The van der Waals surface area contributed by atoms with E-state index in [1.807, 2.05) is 29.0 Å². The Morgan fingerprint density at radius 1 is 1.17 bits per heavy atom. The zero-order valence-corrected chi connectivity index (χ0v) is 14.8. The van der Waals surface area contributed by atoms with Crippen molar-refractivity contribution in [1.29, 1.82) is 0 Å². The van der Waals surface area contributed by atoms with Crippen LogP contribution in [0, 0.1) is 0 Å². The molecule has 0 unspecified atom stereocenters. The number of pyridine rings is 1. The summed E-state index contributed by atoms with van der Waals surface area (Å²) in [5.74, 6) is 0. The minimum atomic E-state index is -0.325. The van der Waals surface area contributed by atoms with Crippen LogP contribution in [0.25, 0.3) is 11.3 Å². The van der Waals surface area contributed by atoms with E-state index in [0.29, 0.717) is 22.3 Å². The Labute approximate surface area is 153 Å². The Morgan fingerprint density at radius 2 is 2.04 bits per heavy atom. The van der Waals surface area contributed by atoms with E-state index in [-0.39, 0.29) is 6.03 Å². The van der Waals surface area contributed by atoms with Gasteiger partial charge in [-0.1, -0.05) is 29.3 Å². The second kappa shape index (κ2) is 7.66. The van der Waals surface area contributed by atoms with Crippen LogP contribution < -0.4 is 10.6 Å². The van der Waals surface area contributed by atoms with Gasteiger partial charge in [-0.2, -0.15) is 11.3 Å². The standard InChI is InChI=1S/C17H13Cl2N3OS/c18-14-4-3-13(8-15(14)19)22-17(23)21-9-11-2-1-6-20-16(11)12-5-7-24-10-12/h1-8,10H,9H2,(H2,21,22,23). The topological polar surface area (TPSA) is 54.0 Å². The summed E-state index contributed by atoms with van der Waals surface area (Å²) in [6.45, 7) is 0.367. The highest BCUT2D eigenvalue weighted by Crippen LogP contribution is 2.25. The monoisotopic (exact) mass is 377 g/mol. The molecule has 4 nitrogen and oxygen atoms in total. The van der Waals surface area contributed by atoms with Crippen molar-refractivity contribution in [2.24, 2.45) is 0 Å². The van der Waals surface area contributed by atoms with Crippen LogP contribution in [0.5, 0.6) is 0 Å². The number of nitrogens with one attached hydrogen (secondary N) is 2. The summed E-state index contributed by atoms with van der Waals surface area (Å²) in [4.78, 5) is 16.5. The molecule has 0 fully saturated rings. The van der Waals surface area contributed by atoms with Gasteiger partial charge in [0.1, 0.15) is 0 Å². The van der Waals surface area contributed by atoms with Crippen LogP contribution in [0.15, 0.2) is 53.4 Å². The van der Waals surface area contributed by atoms with E-state index < -0.39 is 0 Å². The molecule has 2 amide bonds. The molecule has 3 rings (SSSR count). The molecule has 1 aromatic carbocycles. The summed E-state index contributed by atoms with van der Waals surface area (Å²) >= 11 is 13.4. The Bertz CT molecular complexity index is 853. The Balaban J connectivity index is 1.66. The van der Waals surface area contributed by atoms with E-state index in [0.717, 1.165) is 16.8 Å². The smallest absolute Gasteiger partial charge is 0.319 e. The van der Waals surface area contributed by atoms with Crippen molar-refractivity contribution in [1.82, 2.24) is 10.3 Å². The van der Waals surface area contributed by atoms with Gasteiger partial charge in [0, 0.05) is 29.4 Å². The van der Waals surface area contributed by atoms with Gasteiger partial charge in [0.15, 0.2) is 0 Å². The van der Waals surface area contributed by atoms with Crippen molar-refractivity contribution in [3.8, 4) is 11.3 Å². The first-order valence-corrected chi connectivity index (χ1v) is 8.80. The quantitative estimate of drug-likeness (QED) is 0.635. The molecule has 122 valence electrons. The summed E-state index contributed by atoms with van der Waals surface area (Å²) < 4.78 is 0. The Morgan fingerprint density at radius 3 is 2.79 bits per heavy atom. The van der Waals surface area contributed by atoms with Crippen LogP contribution in [0.1, 0.15) is 5.56 Å². The maximum Gasteiger partial charge on any atom is 0.319 e. The first-order valence-electron chi connectivity index (χ1n) is 7.10. The van der Waals surface area contributed by atoms with Crippen molar-refractivity contribution in [2.75, 3.05) is 5.32 Å². The number of aromatic nitrogens is 1. The van der Waals surface area contributed by atoms with Gasteiger partial charge in [-0.05, 0) is 41.3 Å². The molecule has 3 aromatic rings. The molecule has 0 saturated heterocycles. The van der Waals surface area contributed by atoms with Crippen molar-refractivity contribution in [3.05, 3.63) is 69.0 Å². The molecule has 2 aromatic heterocycles. The number of benzene rings is 1. The third-order valence-corrected chi connectivity index (χ3v) is 4.73. The second-order valence-corrected chi connectivity index (χ2v) is 6.55. The molecular weight excluding hydrogens is 365 g/mol. The van der Waals surface area contributed by atoms with Crippen molar-refractivity contribution in [3.63, 3.8) is 0 Å². The fourth-order valence-electron chi connectivity index (χ4n) is 2.17. The number of thiophene rings is 1. The lowest BCUT2D eigenvalue weighted by atomic mass is 10.1. The highest BCUT2D eigenvalue weighted by Gasteiger charge is 2.09. The molecule has 2 N–H and O–H groups in total. The van der Waals surface area contributed by atoms with E-state index in [9.17, 15) is 4.79 Å². The van der Waals surface area contributed by atoms with Gasteiger partial charge in [0.2, 0.25) is 0 Å². The average molecular weight is 378 g/mol. The predicted octanol–water partition coefficient (Wildman–Crippen LogP) is 5.44. The van der Waals surface area contributed by atoms with E-state index in [1.54, 1.807) is 35.7 Å². The largest absolute Gasteiger partial charge is 0.334 e. The zero-order valence-electron chi connectivity index (χ0n) is 12.4. The number of nitrogens with zero attached hydrogens (tertiary/aromatic N) is 1. The van der Waals surface area contributed by atoms with Gasteiger partial charge >= 0.3 is 6.03 Å². The molecule has 0 aliphatic carbocycles. The SMILES string of the molecule is O=C(NCc1cccnc1-c1ccsc1)Nc1ccc(Cl)c(Cl)c1. The highest BCUT2D eigenvalue weighted by atomic mass is 35.5. The number of amides is 2. The van der Waals surface area contributed by atoms with Gasteiger partial charge in [0.05, 0.1) is 15.7 Å². The first kappa shape index (κ1) is 16.8. The van der Waals surface area contributed by atoms with Crippen LogP contribution in [0.2, 0.25) is 10.0 Å². The van der Waals surface area contributed by atoms with Gasteiger partial charge in [-0.3, -0.25) is 4.98 Å². The van der Waals surface area contributed by atoms with Crippen LogP contribution in [0.3, 0.4) is 0 Å². The molecular formula is C17H13Cl2N3OS. The molecule has 0 saturated carbocycles. The van der Waals surface area contributed by atoms with E-state index in [4.69, 9.17) is 23.2 Å². The lowest BCUT2D eigenvalue weighted by Gasteiger charge is -2.10. The van der Waals surface area contributed by atoms with Gasteiger partial charge in [0.25, 0.3) is 0 Å². The molecule has 0 aliphatic heterocycles. The zero-order chi connectivity index (χ0) is 16.9. The lowest BCUT2D eigenvalue weighted by molar-refractivity contribution is 0.252. The van der Waals surface area contributed by atoms with Crippen LogP contribution in [-0.2, 0) is 6.54 Å². The van der Waals surface area contributed by atoms with Crippen molar-refractivity contribution >= 4 is 46.3 Å². The number of carbonyl (C=O) groups is 1. The lowest BCUT2D eigenvalue weighted by Crippen LogP contribution is -2.28. The number of hydrogen-bond donors (Lipinski definition) is 2. The average Bonchev–Trinajstić information content (AvgIpc) is 3.11. The summed E-state index contributed by atoms with van der Waals surface area (Å²) in [7, 11) is 0. The molecule has 24 heavy (non-hydrogen) atoms. The van der Waals surface area contributed by atoms with Crippen molar-refractivity contribution < 1.29 is 4.79 Å². The van der Waals surface area contributed by atoms with Crippen LogP contribution in [0.4, 0.5) is 10.5 Å². The molecule has 0 atom stereocenters. The fraction of sp³-hybridized carbons (Fsp3) is 0.0588. The van der Waals surface area contributed by atoms with E-state index >= 15 is 0 Å². The van der Waals surface area contributed by atoms with Gasteiger partial charge in [-0.25, -0.2) is 4.79 Å². The van der Waals surface area contributed by atoms with Gasteiger partial charge < -0.3 is 10.6 Å². The number of urea groups is 1. The second-order valence-electron chi connectivity index (χ2n) is 4.96. The number of carbonyl (C=O) groups excluding carboxylic acids is 1. The third kappa shape index (κ3) is 4.06. The Kier molecular flexibility index (Phi) is 5.35. The minimum Gasteiger partial charge on any atom is -0.334 e. The fourth-order valence-corrected chi connectivity index (χ4v) is 3.10. The molecule has 7 heteroatoms. The normalized spacial score (nSPS) is 10.4. The predicted molar refractivity (Wildman–Crippen MR) is 99.9 cm³/mol. The molecule has 2 heterocycles. The van der Waals surface area contributed by atoms with Crippen LogP contribution in [-0.4, -0.2) is 11.0 Å². The molecule has 0 bridgehead atoms. The molecule has 0 spiro atoms. The number of hydrogen-bond acceptors (Lipinski definition) is 3. The summed E-state index contributed by atoms with van der Waals surface area (Å²) in [6, 6.07) is 10.4. The first-order chi connectivity index (χ1) is 11.6. The van der Waals surface area contributed by atoms with E-state index in [1.165, 1.54) is 0 Å². The molecule has 0 radical (unpaired) electrons. The molecule has 0 aliphatic rings. The Hall–Kier alpha value is -2.08. The number of halogens is 2. The third-order valence-electron chi connectivity index (χ3n) is 3.30. The van der Waals surface area contributed by atoms with Gasteiger partial charge in [-0.15, -0.1) is 0 Å². The van der Waals surface area contributed by atoms with Crippen LogP contribution >= 0.6 is 34.5 Å². The summed E-state index contributed by atoms with van der Waals surface area (Å²) in [6.07, 6.45) is 1.74. The summed E-state index contributed by atoms with van der Waals surface area (Å²) in [5, 5.41) is 10.4. The number of rotatable bonds is 4. The number of anilines is 1. The van der Waals surface area contributed by atoms with Crippen molar-refractivity contribution in [2.45, 2.75) is 6.54 Å². The maximum atomic E-state index is 12.1.